The van der Waals surface area contributed by atoms with E-state index in [0.29, 0.717) is 6.61 Å². The maximum Gasteiger partial charge on any atom is 0.309 e. The monoisotopic (exact) mass is 223 g/mol. The maximum atomic E-state index is 11.2. The predicted octanol–water partition coefficient (Wildman–Crippen LogP) is 1.92. The first-order chi connectivity index (χ1) is 7.25. The van der Waals surface area contributed by atoms with Crippen molar-refractivity contribution in [3.63, 3.8) is 0 Å². The van der Waals surface area contributed by atoms with Crippen LogP contribution < -0.4 is 5.73 Å². The van der Waals surface area contributed by atoms with Crippen molar-refractivity contribution in [2.75, 3.05) is 18.1 Å². The number of hydrogen-bond acceptors (Lipinski definition) is 4. The molecular weight excluding hydrogens is 210 g/mol. The molecule has 0 aromatic heterocycles. The summed E-state index contributed by atoms with van der Waals surface area (Å²) in [6.07, 6.45) is 0.848. The molecule has 1 saturated heterocycles. The number of nitrogen functional groups attached to an aromatic ring is 1. The van der Waals surface area contributed by atoms with Crippen LogP contribution in [0.1, 0.15) is 6.42 Å². The third kappa shape index (κ3) is 2.65. The number of esters is 1. The summed E-state index contributed by atoms with van der Waals surface area (Å²) in [5.74, 6) is 0.799. The van der Waals surface area contributed by atoms with Crippen LogP contribution in [0.4, 0.5) is 5.69 Å². The Morgan fingerprint density at radius 3 is 2.73 bits per heavy atom. The molecule has 0 spiro atoms. The molecule has 3 nitrogen and oxygen atoms in total. The average molecular weight is 223 g/mol. The molecule has 15 heavy (non-hydrogen) atoms. The number of rotatable bonds is 3. The second-order valence-electron chi connectivity index (χ2n) is 3.53. The number of carbonyl (C=O) groups excluding carboxylic acids is 1. The van der Waals surface area contributed by atoms with Crippen LogP contribution in [0.3, 0.4) is 0 Å². The van der Waals surface area contributed by atoms with Crippen LogP contribution in [-0.4, -0.2) is 18.3 Å². The third-order valence-electron chi connectivity index (χ3n) is 2.38. The van der Waals surface area contributed by atoms with Crippen molar-refractivity contribution in [2.45, 2.75) is 11.3 Å². The highest BCUT2D eigenvalue weighted by Gasteiger charge is 2.26. The normalized spacial score (nSPS) is 20.3. The largest absolute Gasteiger partial charge is 0.465 e. The topological polar surface area (TPSA) is 52.3 Å². The summed E-state index contributed by atoms with van der Waals surface area (Å²) in [7, 11) is 0. The zero-order valence-electron chi connectivity index (χ0n) is 8.31. The Morgan fingerprint density at radius 2 is 2.13 bits per heavy atom. The first-order valence-corrected chi connectivity index (χ1v) is 5.89. The van der Waals surface area contributed by atoms with Gasteiger partial charge in [0.2, 0.25) is 0 Å². The molecule has 4 heteroatoms. The van der Waals surface area contributed by atoms with Crippen molar-refractivity contribution in [3.8, 4) is 0 Å². The van der Waals surface area contributed by atoms with Crippen LogP contribution in [-0.2, 0) is 9.53 Å². The van der Waals surface area contributed by atoms with Gasteiger partial charge >= 0.3 is 5.97 Å². The van der Waals surface area contributed by atoms with Crippen LogP contribution in [0.25, 0.3) is 0 Å². The molecule has 0 bridgehead atoms. The number of benzene rings is 1. The number of hydrogen-bond donors (Lipinski definition) is 1. The van der Waals surface area contributed by atoms with E-state index >= 15 is 0 Å². The zero-order chi connectivity index (χ0) is 10.7. The Kier molecular flexibility index (Phi) is 3.16. The molecule has 0 radical (unpaired) electrons. The Labute approximate surface area is 93.0 Å². The number of carbonyl (C=O) groups is 1. The Bertz CT molecular complexity index is 350. The average Bonchev–Trinajstić information content (AvgIpc) is 2.63. The van der Waals surface area contributed by atoms with Gasteiger partial charge in [0, 0.05) is 16.3 Å². The van der Waals surface area contributed by atoms with E-state index in [1.165, 1.54) is 0 Å². The maximum absolute atomic E-state index is 11.2. The van der Waals surface area contributed by atoms with E-state index in [1.54, 1.807) is 11.8 Å². The van der Waals surface area contributed by atoms with Gasteiger partial charge < -0.3 is 10.5 Å². The molecule has 2 N–H and O–H groups in total. The molecule has 1 fully saturated rings. The van der Waals surface area contributed by atoms with Gasteiger partial charge in [0.05, 0.1) is 12.5 Å². The first kappa shape index (κ1) is 10.4. The van der Waals surface area contributed by atoms with Crippen molar-refractivity contribution in [1.29, 1.82) is 0 Å². The van der Waals surface area contributed by atoms with Gasteiger partial charge in [-0.15, -0.1) is 11.8 Å². The molecule has 1 aliphatic heterocycles. The van der Waals surface area contributed by atoms with Gasteiger partial charge in [0.1, 0.15) is 0 Å². The number of nitrogens with two attached hydrogens (primary N) is 1. The van der Waals surface area contributed by atoms with E-state index in [-0.39, 0.29) is 11.9 Å². The summed E-state index contributed by atoms with van der Waals surface area (Å²) >= 11 is 1.67. The van der Waals surface area contributed by atoms with Crippen molar-refractivity contribution in [1.82, 2.24) is 0 Å². The number of ether oxygens (including phenoxy) is 1. The van der Waals surface area contributed by atoms with Crippen molar-refractivity contribution in [3.05, 3.63) is 24.3 Å². The lowest BCUT2D eigenvalue weighted by Gasteiger charge is -2.05. The Hall–Kier alpha value is -1.16. The van der Waals surface area contributed by atoms with Gasteiger partial charge in [-0.25, -0.2) is 0 Å². The lowest BCUT2D eigenvalue weighted by molar-refractivity contribution is -0.140. The molecule has 0 saturated carbocycles. The van der Waals surface area contributed by atoms with E-state index in [1.807, 2.05) is 24.3 Å². The quantitative estimate of drug-likeness (QED) is 0.483. The summed E-state index contributed by atoms with van der Waals surface area (Å²) in [5.41, 5.74) is 6.35. The molecule has 0 aliphatic carbocycles. The minimum Gasteiger partial charge on any atom is -0.465 e. The van der Waals surface area contributed by atoms with E-state index in [2.05, 4.69) is 0 Å². The highest BCUT2D eigenvalue weighted by atomic mass is 32.2. The summed E-state index contributed by atoms with van der Waals surface area (Å²) in [4.78, 5) is 12.3. The van der Waals surface area contributed by atoms with E-state index in [0.717, 1.165) is 22.8 Å². The molecule has 1 aromatic rings. The molecule has 1 heterocycles. The van der Waals surface area contributed by atoms with Crippen molar-refractivity contribution < 1.29 is 9.53 Å². The van der Waals surface area contributed by atoms with Crippen LogP contribution >= 0.6 is 11.8 Å². The molecule has 1 unspecified atom stereocenters. The van der Waals surface area contributed by atoms with Crippen molar-refractivity contribution >= 4 is 23.4 Å². The smallest absolute Gasteiger partial charge is 0.309 e. The first-order valence-electron chi connectivity index (χ1n) is 4.90. The SMILES string of the molecule is Nc1ccc(SCC2CCOC2=O)cc1. The highest BCUT2D eigenvalue weighted by molar-refractivity contribution is 7.99. The lowest BCUT2D eigenvalue weighted by Crippen LogP contribution is -2.09. The molecule has 1 aromatic carbocycles. The molecule has 1 atom stereocenters. The van der Waals surface area contributed by atoms with E-state index < -0.39 is 0 Å². The van der Waals surface area contributed by atoms with Gasteiger partial charge in [-0.1, -0.05) is 0 Å². The van der Waals surface area contributed by atoms with Crippen molar-refractivity contribution in [2.24, 2.45) is 5.92 Å². The molecule has 2 rings (SSSR count). The second kappa shape index (κ2) is 4.57. The molecule has 1 aliphatic rings. The van der Waals surface area contributed by atoms with Gasteiger partial charge in [-0.2, -0.15) is 0 Å². The minimum absolute atomic E-state index is 0.0575. The molecule has 80 valence electrons. The molecular formula is C11H13NO2S. The van der Waals surface area contributed by atoms with Gasteiger partial charge in [0.25, 0.3) is 0 Å². The Balaban J connectivity index is 1.87. The zero-order valence-corrected chi connectivity index (χ0v) is 9.13. The Morgan fingerprint density at radius 1 is 1.40 bits per heavy atom. The number of anilines is 1. The van der Waals surface area contributed by atoms with Gasteiger partial charge in [0.15, 0.2) is 0 Å². The highest BCUT2D eigenvalue weighted by Crippen LogP contribution is 2.25. The number of thioether (sulfide) groups is 1. The summed E-state index contributed by atoms with van der Waals surface area (Å²) < 4.78 is 4.90. The van der Waals surface area contributed by atoms with Crippen LogP contribution in [0, 0.1) is 5.92 Å². The number of cyclic esters (lactones) is 1. The third-order valence-corrected chi connectivity index (χ3v) is 3.55. The van der Waals surface area contributed by atoms with E-state index in [9.17, 15) is 4.79 Å². The van der Waals surface area contributed by atoms with Crippen LogP contribution in [0.5, 0.6) is 0 Å². The summed E-state index contributed by atoms with van der Waals surface area (Å²) in [5, 5.41) is 0. The van der Waals surface area contributed by atoms with Crippen LogP contribution in [0.15, 0.2) is 29.2 Å². The van der Waals surface area contributed by atoms with Crippen LogP contribution in [0.2, 0.25) is 0 Å². The fraction of sp³-hybridized carbons (Fsp3) is 0.364. The lowest BCUT2D eigenvalue weighted by atomic mass is 10.1. The standard InChI is InChI=1S/C11H13NO2S/c12-9-1-3-10(4-2-9)15-7-8-5-6-14-11(8)13/h1-4,8H,5-7,12H2. The molecule has 0 amide bonds. The minimum atomic E-state index is -0.0575. The predicted molar refractivity (Wildman–Crippen MR) is 60.6 cm³/mol. The van der Waals surface area contributed by atoms with Gasteiger partial charge in [-0.05, 0) is 30.7 Å². The summed E-state index contributed by atoms with van der Waals surface area (Å²) in [6, 6.07) is 7.69. The fourth-order valence-corrected chi connectivity index (χ4v) is 2.47. The van der Waals surface area contributed by atoms with E-state index in [4.69, 9.17) is 10.5 Å². The summed E-state index contributed by atoms with van der Waals surface area (Å²) in [6.45, 7) is 0.575. The fourth-order valence-electron chi connectivity index (χ4n) is 1.45. The second-order valence-corrected chi connectivity index (χ2v) is 4.63. The van der Waals surface area contributed by atoms with Gasteiger partial charge in [-0.3, -0.25) is 4.79 Å².